The summed E-state index contributed by atoms with van der Waals surface area (Å²) >= 11 is 0. The zero-order valence-electron chi connectivity index (χ0n) is 11.1. The molecule has 2 aliphatic carbocycles. The van der Waals surface area contributed by atoms with Crippen LogP contribution in [-0.4, -0.2) is 21.7 Å². The Kier molecular flexibility index (Phi) is 2.88. The Morgan fingerprint density at radius 2 is 2.33 bits per heavy atom. The van der Waals surface area contributed by atoms with E-state index in [1.807, 2.05) is 7.05 Å². The second-order valence-electron chi connectivity index (χ2n) is 6.00. The normalized spacial score (nSPS) is 31.6. The lowest BCUT2D eigenvalue weighted by Gasteiger charge is -2.28. The molecule has 1 aromatic heterocycles. The number of fused-ring (bicyclic) bond motifs is 2. The third-order valence-electron chi connectivity index (χ3n) is 4.76. The van der Waals surface area contributed by atoms with Crippen molar-refractivity contribution < 1.29 is 4.79 Å². The van der Waals surface area contributed by atoms with E-state index in [0.717, 1.165) is 11.8 Å². The highest BCUT2D eigenvalue weighted by molar-refractivity contribution is 5.93. The van der Waals surface area contributed by atoms with Gasteiger partial charge >= 0.3 is 0 Å². The maximum Gasteiger partial charge on any atom is 0.254 e. The molecule has 0 aromatic carbocycles. The van der Waals surface area contributed by atoms with Crippen molar-refractivity contribution in [3.8, 4) is 0 Å². The van der Waals surface area contributed by atoms with Gasteiger partial charge in [0.2, 0.25) is 0 Å². The summed E-state index contributed by atoms with van der Waals surface area (Å²) in [5, 5.41) is 7.18. The topological polar surface area (TPSA) is 46.9 Å². The molecule has 4 nitrogen and oxygen atoms in total. The van der Waals surface area contributed by atoms with Crippen LogP contribution in [0.15, 0.2) is 12.4 Å². The summed E-state index contributed by atoms with van der Waals surface area (Å²) in [5.74, 6) is 2.47. The number of aryl methyl sites for hydroxylation is 1. The molecule has 2 bridgehead atoms. The maximum absolute atomic E-state index is 12.1. The number of rotatable bonds is 3. The third kappa shape index (κ3) is 2.04. The average molecular weight is 247 g/mol. The van der Waals surface area contributed by atoms with Gasteiger partial charge in [-0.15, -0.1) is 0 Å². The molecule has 4 heteroatoms. The highest BCUT2D eigenvalue weighted by atomic mass is 16.1. The fraction of sp³-hybridized carbons (Fsp3) is 0.714. The van der Waals surface area contributed by atoms with Gasteiger partial charge in [-0.1, -0.05) is 6.42 Å². The largest absolute Gasteiger partial charge is 0.349 e. The predicted octanol–water partition coefficient (Wildman–Crippen LogP) is 1.97. The Morgan fingerprint density at radius 1 is 1.50 bits per heavy atom. The minimum Gasteiger partial charge on any atom is -0.349 e. The van der Waals surface area contributed by atoms with Crippen molar-refractivity contribution in [1.82, 2.24) is 15.1 Å². The maximum atomic E-state index is 12.1. The van der Waals surface area contributed by atoms with E-state index < -0.39 is 0 Å². The second-order valence-corrected chi connectivity index (χ2v) is 6.00. The van der Waals surface area contributed by atoms with E-state index in [-0.39, 0.29) is 11.9 Å². The van der Waals surface area contributed by atoms with E-state index in [1.54, 1.807) is 17.1 Å². The Balaban J connectivity index is 1.61. The first-order valence-electron chi connectivity index (χ1n) is 6.93. The lowest BCUT2D eigenvalue weighted by Crippen LogP contribution is -2.40. The number of carbonyl (C=O) groups excluding carboxylic acids is 1. The van der Waals surface area contributed by atoms with Gasteiger partial charge in [0.15, 0.2) is 0 Å². The Labute approximate surface area is 108 Å². The first kappa shape index (κ1) is 11.8. The molecular formula is C14H21N3O. The predicted molar refractivity (Wildman–Crippen MR) is 69.1 cm³/mol. The molecule has 3 rings (SSSR count). The van der Waals surface area contributed by atoms with Gasteiger partial charge in [0.1, 0.15) is 0 Å². The quantitative estimate of drug-likeness (QED) is 0.887. The van der Waals surface area contributed by atoms with E-state index in [4.69, 9.17) is 0 Å². The molecule has 0 aliphatic heterocycles. The van der Waals surface area contributed by atoms with Crippen molar-refractivity contribution in [3.05, 3.63) is 18.0 Å². The number of carbonyl (C=O) groups is 1. The summed E-state index contributed by atoms with van der Waals surface area (Å²) in [6.45, 7) is 2.15. The van der Waals surface area contributed by atoms with Crippen molar-refractivity contribution in [2.75, 3.05) is 0 Å². The van der Waals surface area contributed by atoms with Crippen molar-refractivity contribution in [3.63, 3.8) is 0 Å². The fourth-order valence-electron chi connectivity index (χ4n) is 3.84. The van der Waals surface area contributed by atoms with Gasteiger partial charge in [-0.3, -0.25) is 9.48 Å². The summed E-state index contributed by atoms with van der Waals surface area (Å²) in [5.41, 5.74) is 0.660. The molecule has 2 saturated carbocycles. The summed E-state index contributed by atoms with van der Waals surface area (Å²) in [7, 11) is 1.83. The van der Waals surface area contributed by atoms with Crippen LogP contribution < -0.4 is 5.32 Å². The molecule has 2 fully saturated rings. The molecule has 98 valence electrons. The summed E-state index contributed by atoms with van der Waals surface area (Å²) < 4.78 is 1.66. The van der Waals surface area contributed by atoms with Gasteiger partial charge < -0.3 is 5.32 Å². The van der Waals surface area contributed by atoms with Crippen molar-refractivity contribution in [2.45, 2.75) is 38.6 Å². The molecule has 1 aromatic rings. The van der Waals surface area contributed by atoms with Crippen molar-refractivity contribution in [2.24, 2.45) is 24.8 Å². The van der Waals surface area contributed by atoms with Crippen LogP contribution in [0, 0.1) is 17.8 Å². The van der Waals surface area contributed by atoms with Gasteiger partial charge in [-0.2, -0.15) is 5.10 Å². The fourth-order valence-corrected chi connectivity index (χ4v) is 3.84. The molecule has 18 heavy (non-hydrogen) atoms. The Bertz CT molecular complexity index is 454. The van der Waals surface area contributed by atoms with Crippen LogP contribution >= 0.6 is 0 Å². The molecule has 0 unspecified atom stereocenters. The van der Waals surface area contributed by atoms with Gasteiger partial charge in [-0.25, -0.2) is 0 Å². The van der Waals surface area contributed by atoms with Crippen molar-refractivity contribution >= 4 is 5.91 Å². The molecule has 0 spiro atoms. The van der Waals surface area contributed by atoms with E-state index >= 15 is 0 Å². The first-order valence-corrected chi connectivity index (χ1v) is 6.93. The number of aromatic nitrogens is 2. The number of nitrogens with one attached hydrogen (secondary N) is 1. The van der Waals surface area contributed by atoms with E-state index in [0.29, 0.717) is 11.5 Å². The Hall–Kier alpha value is -1.32. The zero-order valence-corrected chi connectivity index (χ0v) is 11.1. The highest BCUT2D eigenvalue weighted by Crippen LogP contribution is 2.49. The first-order chi connectivity index (χ1) is 8.63. The van der Waals surface area contributed by atoms with Crippen LogP contribution in [0.2, 0.25) is 0 Å². The molecular weight excluding hydrogens is 226 g/mol. The average Bonchev–Trinajstić information content (AvgIpc) is 3.03. The van der Waals surface area contributed by atoms with Crippen LogP contribution in [-0.2, 0) is 7.05 Å². The van der Waals surface area contributed by atoms with Gasteiger partial charge in [0, 0.05) is 19.3 Å². The Morgan fingerprint density at radius 3 is 2.89 bits per heavy atom. The van der Waals surface area contributed by atoms with E-state index in [9.17, 15) is 4.79 Å². The molecule has 1 heterocycles. The summed E-state index contributed by atoms with van der Waals surface area (Å²) in [4.78, 5) is 12.1. The summed E-state index contributed by atoms with van der Waals surface area (Å²) in [6, 6.07) is 0.285. The molecule has 4 atom stereocenters. The lowest BCUT2D eigenvalue weighted by molar-refractivity contribution is 0.0915. The number of amides is 1. The summed E-state index contributed by atoms with van der Waals surface area (Å²) in [6.07, 6.45) is 8.86. The number of hydrogen-bond donors (Lipinski definition) is 1. The van der Waals surface area contributed by atoms with Gasteiger partial charge in [0.25, 0.3) is 5.91 Å². The third-order valence-corrected chi connectivity index (χ3v) is 4.76. The minimum absolute atomic E-state index is 0.0124. The van der Waals surface area contributed by atoms with Gasteiger partial charge in [-0.05, 0) is 43.9 Å². The number of hydrogen-bond acceptors (Lipinski definition) is 2. The lowest BCUT2D eigenvalue weighted by atomic mass is 9.84. The molecule has 0 radical (unpaired) electrons. The minimum atomic E-state index is 0.0124. The van der Waals surface area contributed by atoms with Crippen LogP contribution in [0.4, 0.5) is 0 Å². The molecule has 1 N–H and O–H groups in total. The zero-order chi connectivity index (χ0) is 12.7. The van der Waals surface area contributed by atoms with E-state index in [1.165, 1.54) is 25.7 Å². The SMILES string of the molecule is C[C@H](NC(=O)c1cnn(C)c1)[C@@H]1C[C@@H]2CC[C@@H]1C2. The van der Waals surface area contributed by atoms with Crippen molar-refractivity contribution in [1.29, 1.82) is 0 Å². The van der Waals surface area contributed by atoms with Gasteiger partial charge in [0.05, 0.1) is 11.8 Å². The molecule has 0 saturated heterocycles. The van der Waals surface area contributed by atoms with Crippen LogP contribution in [0.3, 0.4) is 0 Å². The smallest absolute Gasteiger partial charge is 0.254 e. The standard InChI is InChI=1S/C14H21N3O/c1-9(13-6-10-3-4-11(13)5-10)16-14(18)12-7-15-17(2)8-12/h7-11,13H,3-6H2,1-2H3,(H,16,18)/t9-,10+,11+,13-/m0/s1. The number of nitrogens with zero attached hydrogens (tertiary/aromatic N) is 2. The second kappa shape index (κ2) is 4.41. The van der Waals surface area contributed by atoms with E-state index in [2.05, 4.69) is 17.3 Å². The highest BCUT2D eigenvalue weighted by Gasteiger charge is 2.42. The molecule has 2 aliphatic rings. The van der Waals surface area contributed by atoms with Crippen LogP contribution in [0.25, 0.3) is 0 Å². The monoisotopic (exact) mass is 247 g/mol. The molecule has 1 amide bonds. The van der Waals surface area contributed by atoms with Crippen LogP contribution in [0.5, 0.6) is 0 Å². The van der Waals surface area contributed by atoms with Crippen LogP contribution in [0.1, 0.15) is 43.0 Å².